The number of aromatic nitrogens is 1. The molecule has 0 saturated carbocycles. The third-order valence-electron chi connectivity index (χ3n) is 4.33. The second-order valence-electron chi connectivity index (χ2n) is 5.99. The summed E-state index contributed by atoms with van der Waals surface area (Å²) in [6.45, 7) is 6.34. The fourth-order valence-electron chi connectivity index (χ4n) is 3.10. The molecule has 0 saturated heterocycles. The van der Waals surface area contributed by atoms with Crippen LogP contribution in [-0.4, -0.2) is 4.98 Å². The first-order chi connectivity index (χ1) is 11.1. The molecule has 0 aliphatic heterocycles. The molecule has 0 unspecified atom stereocenters. The van der Waals surface area contributed by atoms with Crippen molar-refractivity contribution in [1.29, 1.82) is 5.26 Å². The number of aryl methyl sites for hydroxylation is 2. The van der Waals surface area contributed by atoms with Crippen LogP contribution in [0.5, 0.6) is 0 Å². The van der Waals surface area contributed by atoms with E-state index in [1.807, 2.05) is 6.07 Å². The second-order valence-corrected chi connectivity index (χ2v) is 5.99. The van der Waals surface area contributed by atoms with E-state index in [1.54, 1.807) is 0 Å². The first-order valence-corrected chi connectivity index (χ1v) is 7.86. The summed E-state index contributed by atoms with van der Waals surface area (Å²) < 4.78 is 0. The largest absolute Gasteiger partial charge is 0.346 e. The fourth-order valence-corrected chi connectivity index (χ4v) is 3.10. The molecule has 0 aliphatic carbocycles. The summed E-state index contributed by atoms with van der Waals surface area (Å²) in [4.78, 5) is 3.17. The maximum absolute atomic E-state index is 9.05. The van der Waals surface area contributed by atoms with E-state index in [-0.39, 0.29) is 0 Å². The molecule has 2 nitrogen and oxygen atoms in total. The van der Waals surface area contributed by atoms with Crippen LogP contribution in [0.3, 0.4) is 0 Å². The summed E-state index contributed by atoms with van der Waals surface area (Å²) in [7, 11) is 0. The van der Waals surface area contributed by atoms with E-state index in [2.05, 4.69) is 74.3 Å². The van der Waals surface area contributed by atoms with Crippen molar-refractivity contribution in [3.8, 4) is 6.07 Å². The van der Waals surface area contributed by atoms with Gasteiger partial charge in [-0.05, 0) is 73.2 Å². The van der Waals surface area contributed by atoms with Crippen molar-refractivity contribution in [2.75, 3.05) is 0 Å². The molecule has 1 heterocycles. The Kier molecular flexibility index (Phi) is 4.04. The van der Waals surface area contributed by atoms with Crippen molar-refractivity contribution in [2.45, 2.75) is 27.2 Å². The van der Waals surface area contributed by atoms with Crippen LogP contribution in [0.2, 0.25) is 0 Å². The lowest BCUT2D eigenvalue weighted by Gasteiger charge is -2.12. The molecule has 0 aliphatic rings. The molecule has 0 bridgehead atoms. The van der Waals surface area contributed by atoms with E-state index in [4.69, 9.17) is 5.26 Å². The van der Waals surface area contributed by atoms with Gasteiger partial charge in [0, 0.05) is 10.9 Å². The zero-order valence-electron chi connectivity index (χ0n) is 13.8. The highest BCUT2D eigenvalue weighted by Gasteiger charge is 2.09. The Bertz CT molecular complexity index is 936. The molecule has 0 fully saturated rings. The Morgan fingerprint density at radius 2 is 1.91 bits per heavy atom. The van der Waals surface area contributed by atoms with Gasteiger partial charge in [-0.1, -0.05) is 30.4 Å². The number of nitrogens with one attached hydrogen (secondary N) is 1. The number of nitrogens with zero attached hydrogens (tertiary/aromatic N) is 1. The third-order valence-corrected chi connectivity index (χ3v) is 4.33. The van der Waals surface area contributed by atoms with Gasteiger partial charge in [-0.25, -0.2) is 0 Å². The van der Waals surface area contributed by atoms with E-state index in [9.17, 15) is 0 Å². The summed E-state index contributed by atoms with van der Waals surface area (Å²) in [6, 6.07) is 14.9. The number of aromatic amines is 1. The number of rotatable bonds is 3. The molecule has 3 aromatic rings. The molecule has 3 rings (SSSR count). The van der Waals surface area contributed by atoms with Crippen molar-refractivity contribution in [3.63, 3.8) is 0 Å². The summed E-state index contributed by atoms with van der Waals surface area (Å²) >= 11 is 0. The molecular weight excluding hydrogens is 280 g/mol. The molecule has 0 amide bonds. The van der Waals surface area contributed by atoms with Gasteiger partial charge in [0.1, 0.15) is 11.8 Å². The number of fused-ring (bicyclic) bond motifs is 1. The zero-order valence-corrected chi connectivity index (χ0v) is 13.8. The van der Waals surface area contributed by atoms with Crippen molar-refractivity contribution in [3.05, 3.63) is 76.0 Å². The van der Waals surface area contributed by atoms with Gasteiger partial charge in [0.05, 0.1) is 0 Å². The molecular formula is C21H20N2. The Hall–Kier alpha value is -2.79. The lowest BCUT2D eigenvalue weighted by Crippen LogP contribution is -1.96. The number of H-pyrrole nitrogens is 1. The number of benzene rings is 2. The lowest BCUT2D eigenvalue weighted by molar-refractivity contribution is 1.15. The highest BCUT2D eigenvalue weighted by Crippen LogP contribution is 2.25. The fraction of sp³-hybridized carbons (Fsp3) is 0.190. The van der Waals surface area contributed by atoms with Gasteiger partial charge in [0.15, 0.2) is 0 Å². The number of nitriles is 1. The van der Waals surface area contributed by atoms with Crippen molar-refractivity contribution < 1.29 is 0 Å². The molecule has 114 valence electrons. The van der Waals surface area contributed by atoms with Gasteiger partial charge in [-0.3, -0.25) is 0 Å². The summed E-state index contributed by atoms with van der Waals surface area (Å²) in [5, 5.41) is 10.1. The van der Waals surface area contributed by atoms with E-state index >= 15 is 0 Å². The average molecular weight is 300 g/mol. The zero-order chi connectivity index (χ0) is 16.4. The van der Waals surface area contributed by atoms with E-state index in [0.29, 0.717) is 5.69 Å². The number of hydrogen-bond donors (Lipinski definition) is 1. The normalized spacial score (nSPS) is 11.2. The van der Waals surface area contributed by atoms with Gasteiger partial charge >= 0.3 is 0 Å². The van der Waals surface area contributed by atoms with E-state index < -0.39 is 0 Å². The SMILES string of the molecule is C/C=C\c1c(C)cccc1Cc1cc2[nH]c(C#N)cc2cc1C. The van der Waals surface area contributed by atoms with Crippen LogP contribution >= 0.6 is 0 Å². The molecule has 2 aromatic carbocycles. The molecule has 2 heteroatoms. The number of hydrogen-bond acceptors (Lipinski definition) is 1. The van der Waals surface area contributed by atoms with Crippen molar-refractivity contribution in [2.24, 2.45) is 0 Å². The van der Waals surface area contributed by atoms with E-state index in [0.717, 1.165) is 17.3 Å². The summed E-state index contributed by atoms with van der Waals surface area (Å²) in [5.74, 6) is 0. The minimum Gasteiger partial charge on any atom is -0.346 e. The Balaban J connectivity index is 2.07. The first kappa shape index (κ1) is 15.1. The monoisotopic (exact) mass is 300 g/mol. The molecule has 0 atom stereocenters. The van der Waals surface area contributed by atoms with Crippen LogP contribution in [0, 0.1) is 25.2 Å². The molecule has 1 aromatic heterocycles. The van der Waals surface area contributed by atoms with E-state index in [1.165, 1.54) is 27.8 Å². The maximum Gasteiger partial charge on any atom is 0.118 e. The predicted molar refractivity (Wildman–Crippen MR) is 96.4 cm³/mol. The minimum absolute atomic E-state index is 0.613. The number of allylic oxidation sites excluding steroid dienone is 1. The Labute approximate surface area is 137 Å². The van der Waals surface area contributed by atoms with Crippen LogP contribution in [0.15, 0.2) is 42.5 Å². The van der Waals surface area contributed by atoms with Gasteiger partial charge in [-0.2, -0.15) is 5.26 Å². The highest BCUT2D eigenvalue weighted by atomic mass is 14.7. The van der Waals surface area contributed by atoms with Gasteiger partial charge in [0.25, 0.3) is 0 Å². The Morgan fingerprint density at radius 1 is 1.09 bits per heavy atom. The molecule has 23 heavy (non-hydrogen) atoms. The molecule has 0 spiro atoms. The first-order valence-electron chi connectivity index (χ1n) is 7.86. The third kappa shape index (κ3) is 2.91. The van der Waals surface area contributed by atoms with Crippen LogP contribution in [0.25, 0.3) is 17.0 Å². The molecule has 1 N–H and O–H groups in total. The second kappa shape index (κ2) is 6.14. The predicted octanol–water partition coefficient (Wildman–Crippen LogP) is 5.28. The smallest absolute Gasteiger partial charge is 0.118 e. The average Bonchev–Trinajstić information content (AvgIpc) is 2.93. The van der Waals surface area contributed by atoms with Gasteiger partial charge in [0.2, 0.25) is 0 Å². The lowest BCUT2D eigenvalue weighted by atomic mass is 9.93. The topological polar surface area (TPSA) is 39.6 Å². The summed E-state index contributed by atoms with van der Waals surface area (Å²) in [6.07, 6.45) is 5.16. The quantitative estimate of drug-likeness (QED) is 0.702. The van der Waals surface area contributed by atoms with Crippen LogP contribution < -0.4 is 0 Å². The van der Waals surface area contributed by atoms with Crippen molar-refractivity contribution >= 4 is 17.0 Å². The van der Waals surface area contributed by atoms with Gasteiger partial charge < -0.3 is 4.98 Å². The van der Waals surface area contributed by atoms with Crippen LogP contribution in [-0.2, 0) is 6.42 Å². The Morgan fingerprint density at radius 3 is 2.65 bits per heavy atom. The standard InChI is InChI=1S/C21H20N2/c1-4-6-20-14(2)7-5-8-16(20)10-17-12-21-18(9-15(17)3)11-19(13-22)23-21/h4-9,11-12,23H,10H2,1-3H3/b6-4-. The van der Waals surface area contributed by atoms with Gasteiger partial charge in [-0.15, -0.1) is 0 Å². The maximum atomic E-state index is 9.05. The highest BCUT2D eigenvalue weighted by molar-refractivity contribution is 5.83. The van der Waals surface area contributed by atoms with Crippen LogP contribution in [0.4, 0.5) is 0 Å². The molecule has 0 radical (unpaired) electrons. The van der Waals surface area contributed by atoms with Crippen molar-refractivity contribution in [1.82, 2.24) is 4.98 Å². The summed E-state index contributed by atoms with van der Waals surface area (Å²) in [5.41, 5.74) is 8.13. The minimum atomic E-state index is 0.613. The van der Waals surface area contributed by atoms with Crippen LogP contribution in [0.1, 0.15) is 40.4 Å².